The number of hydrogen-bond acceptors (Lipinski definition) is 3. The van der Waals surface area contributed by atoms with Crippen molar-refractivity contribution in [3.05, 3.63) is 139 Å². The number of hydrogen-bond donors (Lipinski definition) is 0. The van der Waals surface area contributed by atoms with Gasteiger partial charge in [-0.05, 0) is 45.7 Å². The van der Waals surface area contributed by atoms with Crippen LogP contribution in [-0.4, -0.2) is 18.0 Å². The molecule has 227 valence electrons. The fourth-order valence-electron chi connectivity index (χ4n) is 5.17. The molecule has 0 N–H and O–H groups in total. The van der Waals surface area contributed by atoms with Crippen molar-refractivity contribution in [2.45, 2.75) is 39.4 Å². The number of fused-ring (bicyclic) bond motifs is 3. The molecule has 0 saturated carbocycles. The van der Waals surface area contributed by atoms with Crippen LogP contribution in [0.2, 0.25) is 19.6 Å². The second-order valence-electron chi connectivity index (χ2n) is 12.2. The summed E-state index contributed by atoms with van der Waals surface area (Å²) >= 11 is 0. The van der Waals surface area contributed by atoms with Crippen LogP contribution < -0.4 is 5.19 Å². The Labute approximate surface area is 282 Å². The monoisotopic (exact) mass is 782 g/mol. The molecule has 0 aliphatic carbocycles. The van der Waals surface area contributed by atoms with E-state index in [-0.39, 0.29) is 20.1 Å². The Balaban J connectivity index is 0.000000209. The van der Waals surface area contributed by atoms with Crippen LogP contribution >= 0.6 is 0 Å². The molecule has 0 fully saturated rings. The number of furan rings is 1. The van der Waals surface area contributed by atoms with Crippen molar-refractivity contribution in [1.82, 2.24) is 9.97 Å². The van der Waals surface area contributed by atoms with Gasteiger partial charge in [0.1, 0.15) is 5.58 Å². The number of pyridine rings is 2. The molecule has 5 heteroatoms. The van der Waals surface area contributed by atoms with E-state index in [1.165, 1.54) is 5.19 Å². The van der Waals surface area contributed by atoms with Gasteiger partial charge >= 0.3 is 0 Å². The second-order valence-corrected chi connectivity index (χ2v) is 17.2. The number of benzene rings is 4. The van der Waals surface area contributed by atoms with Crippen LogP contribution in [0.1, 0.15) is 26.7 Å². The van der Waals surface area contributed by atoms with Gasteiger partial charge in [0.15, 0.2) is 0 Å². The summed E-state index contributed by atoms with van der Waals surface area (Å²) in [4.78, 5) is 9.05. The van der Waals surface area contributed by atoms with Crippen LogP contribution in [0.25, 0.3) is 55.6 Å². The summed E-state index contributed by atoms with van der Waals surface area (Å²) in [5.41, 5.74) is 8.48. The summed E-state index contributed by atoms with van der Waals surface area (Å²) in [7, 11) is -1.23. The first kappa shape index (κ1) is 30.9. The largest absolute Gasteiger partial charge is 0.501 e. The predicted molar refractivity (Wildman–Crippen MR) is 187 cm³/mol. The van der Waals surface area contributed by atoms with E-state index in [0.717, 1.165) is 61.1 Å². The number of rotatable bonds is 5. The summed E-state index contributed by atoms with van der Waals surface area (Å²) < 4.78 is 14.6. The summed E-state index contributed by atoms with van der Waals surface area (Å²) in [6.07, 6.45) is 3.77. The third-order valence-corrected chi connectivity index (χ3v) is 9.78. The summed E-state index contributed by atoms with van der Waals surface area (Å²) in [5, 5.41) is 3.52. The fraction of sp³-hybridized carbons (Fsp3) is 0.150. The first-order valence-corrected chi connectivity index (χ1v) is 18.4. The maximum Gasteiger partial charge on any atom is 0.121 e. The predicted octanol–water partition coefficient (Wildman–Crippen LogP) is 10.3. The molecule has 0 spiro atoms. The van der Waals surface area contributed by atoms with E-state index in [0.29, 0.717) is 0 Å². The Hall–Kier alpha value is -4.15. The van der Waals surface area contributed by atoms with Crippen molar-refractivity contribution in [2.75, 3.05) is 0 Å². The molecule has 0 amide bonds. The average molecular weight is 782 g/mol. The van der Waals surface area contributed by atoms with Gasteiger partial charge in [0.2, 0.25) is 0 Å². The smallest absolute Gasteiger partial charge is 0.121 e. The molecule has 0 aliphatic rings. The van der Waals surface area contributed by atoms with E-state index in [2.05, 4.69) is 84.2 Å². The zero-order valence-corrected chi connectivity index (χ0v) is 29.6. The van der Waals surface area contributed by atoms with Gasteiger partial charge in [-0.2, -0.15) is 0 Å². The normalized spacial score (nSPS) is 11.8. The Kier molecular flexibility index (Phi) is 9.51. The maximum absolute atomic E-state index is 8.33. The van der Waals surface area contributed by atoms with Crippen molar-refractivity contribution < 1.29 is 25.9 Å². The first-order valence-electron chi connectivity index (χ1n) is 15.4. The van der Waals surface area contributed by atoms with Gasteiger partial charge in [0.25, 0.3) is 0 Å². The SMILES string of the molecule is C[Si](C)(C)c1ccc(-c2[c-]cccc2)nc1.[2H]C(C)(C)c1ccnc(-c2[c-]ccc3c2oc2cc(-c4ccccc4)ccc23)c1.[Ir]. The second kappa shape index (κ2) is 13.9. The van der Waals surface area contributed by atoms with E-state index in [9.17, 15) is 0 Å². The molecule has 3 heterocycles. The van der Waals surface area contributed by atoms with E-state index < -0.39 is 14.0 Å². The van der Waals surface area contributed by atoms with Crippen molar-refractivity contribution >= 4 is 35.2 Å². The van der Waals surface area contributed by atoms with Crippen LogP contribution in [0.5, 0.6) is 0 Å². The minimum absolute atomic E-state index is 0. The molecule has 0 bridgehead atoms. The van der Waals surface area contributed by atoms with Gasteiger partial charge in [-0.3, -0.25) is 0 Å². The summed E-state index contributed by atoms with van der Waals surface area (Å²) in [6.45, 7) is 10.8. The van der Waals surface area contributed by atoms with Crippen molar-refractivity contribution in [1.29, 1.82) is 0 Å². The summed E-state index contributed by atoms with van der Waals surface area (Å²) in [6, 6.07) is 43.2. The maximum atomic E-state index is 8.33. The van der Waals surface area contributed by atoms with Gasteiger partial charge in [-0.25, -0.2) is 0 Å². The molecule has 3 aromatic heterocycles. The number of aromatic nitrogens is 2. The van der Waals surface area contributed by atoms with Crippen molar-refractivity contribution in [3.63, 3.8) is 0 Å². The minimum atomic E-state index is -1.23. The molecular weight excluding hydrogens is 745 g/mol. The third kappa shape index (κ3) is 7.23. The van der Waals surface area contributed by atoms with Gasteiger partial charge in [0, 0.05) is 39.3 Å². The van der Waals surface area contributed by atoms with Crippen LogP contribution in [0.4, 0.5) is 0 Å². The molecule has 7 aromatic rings. The zero-order valence-electron chi connectivity index (χ0n) is 27.2. The van der Waals surface area contributed by atoms with E-state index in [1.54, 1.807) is 6.20 Å². The molecule has 3 nitrogen and oxygen atoms in total. The Morgan fingerprint density at radius 2 is 1.53 bits per heavy atom. The van der Waals surface area contributed by atoms with Crippen LogP contribution in [0, 0.1) is 12.1 Å². The average Bonchev–Trinajstić information content (AvgIpc) is 3.43. The van der Waals surface area contributed by atoms with Crippen LogP contribution in [0.15, 0.2) is 126 Å². The van der Waals surface area contributed by atoms with Gasteiger partial charge < -0.3 is 14.4 Å². The van der Waals surface area contributed by atoms with Gasteiger partial charge in [-0.15, -0.1) is 54.1 Å². The molecule has 7 rings (SSSR count). The Morgan fingerprint density at radius 1 is 0.733 bits per heavy atom. The molecule has 1 radical (unpaired) electrons. The zero-order chi connectivity index (χ0) is 31.6. The molecule has 4 aromatic carbocycles. The number of nitrogens with zero attached hydrogens (tertiary/aromatic N) is 2. The van der Waals surface area contributed by atoms with E-state index in [4.69, 9.17) is 5.79 Å². The van der Waals surface area contributed by atoms with Crippen LogP contribution in [0.3, 0.4) is 0 Å². The quantitative estimate of drug-likeness (QED) is 0.129. The van der Waals surface area contributed by atoms with Crippen molar-refractivity contribution in [2.24, 2.45) is 0 Å². The van der Waals surface area contributed by atoms with E-state index >= 15 is 0 Å². The molecule has 0 atom stereocenters. The molecule has 0 unspecified atom stereocenters. The molecule has 0 saturated heterocycles. The van der Waals surface area contributed by atoms with Crippen LogP contribution in [-0.2, 0) is 20.1 Å². The first-order chi connectivity index (χ1) is 21.6. The van der Waals surface area contributed by atoms with Gasteiger partial charge in [-0.1, -0.05) is 111 Å². The van der Waals surface area contributed by atoms with Gasteiger partial charge in [0.05, 0.1) is 13.7 Å². The van der Waals surface area contributed by atoms with E-state index in [1.807, 2.05) is 86.8 Å². The summed E-state index contributed by atoms with van der Waals surface area (Å²) in [5.74, 6) is -0.690. The third-order valence-electron chi connectivity index (χ3n) is 7.75. The Bertz CT molecular complexity index is 2060. The Morgan fingerprint density at radius 3 is 2.22 bits per heavy atom. The molecule has 0 aliphatic heterocycles. The molecular formula is C40H36IrN2OSi-2. The standard InChI is InChI=1S/C26H20NO.C14H16NSi.Ir/c1-17(2)19-13-14-27-24(15-19)23-10-6-9-22-21-12-11-20(16-25(21)28-26(22)23)18-7-4-3-5-8-18;1-16(2,3)13-9-10-14(15-11-13)12-7-5-4-6-8-12;/h3-9,11-17H,1-2H3;4-7,9-11H,1-3H3;/q2*-1;/i17D;;. The molecule has 45 heavy (non-hydrogen) atoms. The minimum Gasteiger partial charge on any atom is -0.501 e. The fourth-order valence-corrected chi connectivity index (χ4v) is 6.20. The topological polar surface area (TPSA) is 38.9 Å². The van der Waals surface area contributed by atoms with Crippen molar-refractivity contribution in [3.8, 4) is 33.6 Å².